The molecule has 0 bridgehead atoms. The molecule has 0 atom stereocenters. The molecular weight excluding hydrogens is 194 g/mol. The zero-order valence-corrected chi connectivity index (χ0v) is 9.65. The Morgan fingerprint density at radius 1 is 1.43 bits per heavy atom. The van der Waals surface area contributed by atoms with Crippen molar-refractivity contribution in [3.05, 3.63) is 15.6 Å². The molecular formula is C11H17NOS. The number of thiazole rings is 1. The second-order valence-corrected chi connectivity index (χ2v) is 5.73. The van der Waals surface area contributed by atoms with Gasteiger partial charge in [-0.15, -0.1) is 11.3 Å². The monoisotopic (exact) mass is 211 g/mol. The first-order chi connectivity index (χ1) is 6.65. The average Bonchev–Trinajstić information content (AvgIpc) is 2.39. The van der Waals surface area contributed by atoms with Gasteiger partial charge in [0, 0.05) is 17.9 Å². The molecule has 1 saturated carbocycles. The fraction of sp³-hybridized carbons (Fsp3) is 0.727. The number of nitrogens with zero attached hydrogens (tertiary/aromatic N) is 1. The third-order valence-corrected chi connectivity index (χ3v) is 4.42. The van der Waals surface area contributed by atoms with E-state index in [0.29, 0.717) is 6.61 Å². The highest BCUT2D eigenvalue weighted by Gasteiger charge is 2.37. The van der Waals surface area contributed by atoms with Gasteiger partial charge in [-0.2, -0.15) is 0 Å². The van der Waals surface area contributed by atoms with Gasteiger partial charge >= 0.3 is 0 Å². The van der Waals surface area contributed by atoms with Crippen molar-refractivity contribution >= 4 is 11.3 Å². The zero-order valence-electron chi connectivity index (χ0n) is 8.84. The van der Waals surface area contributed by atoms with Crippen LogP contribution >= 0.6 is 11.3 Å². The minimum atomic E-state index is 0.177. The van der Waals surface area contributed by atoms with Gasteiger partial charge < -0.3 is 5.11 Å². The van der Waals surface area contributed by atoms with Crippen LogP contribution in [0.5, 0.6) is 0 Å². The van der Waals surface area contributed by atoms with Crippen LogP contribution in [-0.4, -0.2) is 16.7 Å². The van der Waals surface area contributed by atoms with Crippen molar-refractivity contribution in [1.82, 2.24) is 4.98 Å². The predicted molar refractivity (Wildman–Crippen MR) is 58.7 cm³/mol. The van der Waals surface area contributed by atoms with Gasteiger partial charge in [0.15, 0.2) is 0 Å². The number of hydrogen-bond donors (Lipinski definition) is 1. The molecule has 14 heavy (non-hydrogen) atoms. The first kappa shape index (κ1) is 10.1. The Bertz CT molecular complexity index is 303. The van der Waals surface area contributed by atoms with Crippen LogP contribution in [-0.2, 0) is 6.42 Å². The largest absolute Gasteiger partial charge is 0.396 e. The Morgan fingerprint density at radius 3 is 2.50 bits per heavy atom. The Hall–Kier alpha value is -0.410. The maximum Gasteiger partial charge on any atom is 0.0937 e. The summed E-state index contributed by atoms with van der Waals surface area (Å²) in [6.07, 6.45) is 4.58. The number of aliphatic hydroxyl groups excluding tert-OH is 1. The van der Waals surface area contributed by atoms with Crippen molar-refractivity contribution in [2.75, 3.05) is 6.61 Å². The first-order valence-electron chi connectivity index (χ1n) is 5.19. The summed E-state index contributed by atoms with van der Waals surface area (Å²) in [6, 6.07) is 0. The molecule has 1 N–H and O–H groups in total. The maximum absolute atomic E-state index is 9.35. The van der Waals surface area contributed by atoms with E-state index < -0.39 is 0 Å². The second-order valence-electron chi connectivity index (χ2n) is 4.44. The van der Waals surface area contributed by atoms with Gasteiger partial charge in [0.05, 0.1) is 10.7 Å². The number of aryl methyl sites for hydroxylation is 2. The zero-order chi connectivity index (χ0) is 10.2. The number of aliphatic hydroxyl groups is 1. The van der Waals surface area contributed by atoms with E-state index >= 15 is 0 Å². The molecule has 0 spiro atoms. The minimum Gasteiger partial charge on any atom is -0.396 e. The highest BCUT2D eigenvalue weighted by atomic mass is 32.1. The molecule has 1 aromatic rings. The summed E-state index contributed by atoms with van der Waals surface area (Å²) in [6.45, 7) is 4.50. The van der Waals surface area contributed by atoms with Gasteiger partial charge in [-0.3, -0.25) is 0 Å². The third kappa shape index (κ3) is 1.71. The summed E-state index contributed by atoms with van der Waals surface area (Å²) >= 11 is 1.78. The SMILES string of the molecule is Cc1nc(CC2(CO)CCC2)sc1C. The van der Waals surface area contributed by atoms with E-state index in [1.165, 1.54) is 29.1 Å². The summed E-state index contributed by atoms with van der Waals surface area (Å²) in [5, 5.41) is 10.6. The number of aromatic nitrogens is 1. The van der Waals surface area contributed by atoms with Gasteiger partial charge in [0.25, 0.3) is 0 Å². The predicted octanol–water partition coefficient (Wildman–Crippen LogP) is 2.47. The fourth-order valence-corrected chi connectivity index (χ4v) is 3.11. The Morgan fingerprint density at radius 2 is 2.14 bits per heavy atom. The van der Waals surface area contributed by atoms with Crippen molar-refractivity contribution in [1.29, 1.82) is 0 Å². The van der Waals surface area contributed by atoms with Crippen LogP contribution in [0.1, 0.15) is 34.8 Å². The van der Waals surface area contributed by atoms with Gasteiger partial charge in [0.2, 0.25) is 0 Å². The number of rotatable bonds is 3. The molecule has 0 aliphatic heterocycles. The van der Waals surface area contributed by atoms with E-state index in [-0.39, 0.29) is 5.41 Å². The van der Waals surface area contributed by atoms with Crippen LogP contribution in [0.2, 0.25) is 0 Å². The van der Waals surface area contributed by atoms with E-state index in [1.54, 1.807) is 11.3 Å². The quantitative estimate of drug-likeness (QED) is 0.833. The molecule has 0 unspecified atom stereocenters. The van der Waals surface area contributed by atoms with Crippen LogP contribution in [0.25, 0.3) is 0 Å². The molecule has 1 aliphatic carbocycles. The molecule has 2 nitrogen and oxygen atoms in total. The van der Waals surface area contributed by atoms with Gasteiger partial charge in [0.1, 0.15) is 0 Å². The summed E-state index contributed by atoms with van der Waals surface area (Å²) in [5.41, 5.74) is 1.33. The topological polar surface area (TPSA) is 33.1 Å². The molecule has 0 amide bonds. The standard InChI is InChI=1S/C11H17NOS/c1-8-9(2)14-10(12-8)6-11(7-13)4-3-5-11/h13H,3-7H2,1-2H3. The molecule has 0 saturated heterocycles. The molecule has 0 aromatic carbocycles. The molecule has 1 fully saturated rings. The lowest BCUT2D eigenvalue weighted by atomic mass is 9.67. The minimum absolute atomic E-state index is 0.177. The molecule has 1 aromatic heterocycles. The summed E-state index contributed by atoms with van der Waals surface area (Å²) in [4.78, 5) is 5.84. The van der Waals surface area contributed by atoms with Crippen molar-refractivity contribution in [2.45, 2.75) is 39.5 Å². The van der Waals surface area contributed by atoms with E-state index in [9.17, 15) is 5.11 Å². The van der Waals surface area contributed by atoms with Gasteiger partial charge in [-0.1, -0.05) is 6.42 Å². The third-order valence-electron chi connectivity index (χ3n) is 3.35. The van der Waals surface area contributed by atoms with Crippen molar-refractivity contribution in [3.63, 3.8) is 0 Å². The Kier molecular flexibility index (Phi) is 2.62. The summed E-state index contributed by atoms with van der Waals surface area (Å²) in [7, 11) is 0. The fourth-order valence-electron chi connectivity index (χ4n) is 2.00. The van der Waals surface area contributed by atoms with Crippen LogP contribution in [0.3, 0.4) is 0 Å². The number of hydrogen-bond acceptors (Lipinski definition) is 3. The van der Waals surface area contributed by atoms with E-state index in [4.69, 9.17) is 0 Å². The molecule has 1 aliphatic rings. The van der Waals surface area contributed by atoms with E-state index in [2.05, 4.69) is 18.8 Å². The Labute approximate surface area is 89.0 Å². The highest BCUT2D eigenvalue weighted by Crippen LogP contribution is 2.43. The molecule has 78 valence electrons. The molecule has 3 heteroatoms. The van der Waals surface area contributed by atoms with Crippen molar-refractivity contribution in [2.24, 2.45) is 5.41 Å². The van der Waals surface area contributed by atoms with Gasteiger partial charge in [-0.05, 0) is 32.1 Å². The first-order valence-corrected chi connectivity index (χ1v) is 6.01. The summed E-state index contributed by atoms with van der Waals surface area (Å²) < 4.78 is 0. The Balaban J connectivity index is 2.09. The van der Waals surface area contributed by atoms with E-state index in [1.807, 2.05) is 0 Å². The van der Waals surface area contributed by atoms with Crippen molar-refractivity contribution < 1.29 is 5.11 Å². The van der Waals surface area contributed by atoms with Crippen LogP contribution in [0, 0.1) is 19.3 Å². The summed E-state index contributed by atoms with van der Waals surface area (Å²) in [5.74, 6) is 0. The normalized spacial score (nSPS) is 19.4. The molecule has 0 radical (unpaired) electrons. The lowest BCUT2D eigenvalue weighted by molar-refractivity contribution is 0.0449. The molecule has 1 heterocycles. The van der Waals surface area contributed by atoms with Crippen molar-refractivity contribution in [3.8, 4) is 0 Å². The lowest BCUT2D eigenvalue weighted by Gasteiger charge is -2.39. The van der Waals surface area contributed by atoms with Crippen LogP contribution in [0.4, 0.5) is 0 Å². The lowest BCUT2D eigenvalue weighted by Crippen LogP contribution is -2.35. The van der Waals surface area contributed by atoms with Crippen LogP contribution < -0.4 is 0 Å². The van der Waals surface area contributed by atoms with E-state index in [0.717, 1.165) is 12.1 Å². The average molecular weight is 211 g/mol. The second kappa shape index (κ2) is 3.63. The smallest absolute Gasteiger partial charge is 0.0937 e. The maximum atomic E-state index is 9.35. The molecule has 2 rings (SSSR count). The highest BCUT2D eigenvalue weighted by molar-refractivity contribution is 7.11. The van der Waals surface area contributed by atoms with Gasteiger partial charge in [-0.25, -0.2) is 4.98 Å². The van der Waals surface area contributed by atoms with Crippen LogP contribution in [0.15, 0.2) is 0 Å².